The van der Waals surface area contributed by atoms with Gasteiger partial charge in [0.1, 0.15) is 17.3 Å². The lowest BCUT2D eigenvalue weighted by Crippen LogP contribution is -2.35. The highest BCUT2D eigenvalue weighted by Crippen LogP contribution is 2.43. The van der Waals surface area contributed by atoms with Crippen LogP contribution in [0.1, 0.15) is 25.3 Å². The predicted molar refractivity (Wildman–Crippen MR) is 134 cm³/mol. The third-order valence-corrected chi connectivity index (χ3v) is 6.56. The summed E-state index contributed by atoms with van der Waals surface area (Å²) >= 11 is 0. The van der Waals surface area contributed by atoms with Crippen molar-refractivity contribution in [3.63, 3.8) is 0 Å². The number of benzene rings is 1. The molecular formula is C23H27F2N4O9P. The minimum Gasteiger partial charge on any atom is -0.497 e. The number of halogens is 2. The minimum absolute atomic E-state index is 0.213. The molecule has 0 saturated carbocycles. The second-order valence-electron chi connectivity index (χ2n) is 8.32. The summed E-state index contributed by atoms with van der Waals surface area (Å²) in [7, 11) is 1.02. The molecule has 1 aromatic carbocycles. The Morgan fingerprint density at radius 2 is 2.10 bits per heavy atom. The first kappa shape index (κ1) is 28.6. The number of amides is 1. The molecular weight excluding hydrogens is 545 g/mol. The molecule has 39 heavy (non-hydrogen) atoms. The highest BCUT2D eigenvalue weighted by Gasteiger charge is 2.52. The lowest BCUT2D eigenvalue weighted by molar-refractivity contribution is -0.119. The van der Waals surface area contributed by atoms with Crippen LogP contribution in [0.25, 0.3) is 11.0 Å². The molecule has 212 valence electrons. The summed E-state index contributed by atoms with van der Waals surface area (Å²) in [5.41, 5.74) is -0.633. The van der Waals surface area contributed by atoms with E-state index >= 15 is 0 Å². The van der Waals surface area contributed by atoms with E-state index in [0.717, 1.165) is 12.3 Å². The lowest BCUT2D eigenvalue weighted by Gasteiger charge is -2.20. The summed E-state index contributed by atoms with van der Waals surface area (Å²) in [5, 5.41) is 5.57. The molecule has 3 N–H and O–H groups in total. The van der Waals surface area contributed by atoms with E-state index in [-0.39, 0.29) is 19.0 Å². The molecule has 1 saturated heterocycles. The molecule has 16 heteroatoms. The Bertz CT molecular complexity index is 1370. The van der Waals surface area contributed by atoms with Crippen molar-refractivity contribution in [2.45, 2.75) is 38.2 Å². The number of furan rings is 1. The van der Waals surface area contributed by atoms with Crippen LogP contribution in [0.15, 0.2) is 39.7 Å². The third kappa shape index (κ3) is 6.81. The van der Waals surface area contributed by atoms with Gasteiger partial charge in [0.2, 0.25) is 6.23 Å². The number of carbonyl (C=O) groups excluding carboxylic acids is 1. The summed E-state index contributed by atoms with van der Waals surface area (Å²) in [5.74, 6) is -2.31. The molecule has 0 radical (unpaired) electrons. The molecule has 0 bridgehead atoms. The van der Waals surface area contributed by atoms with Crippen LogP contribution in [-0.4, -0.2) is 59.9 Å². The highest BCUT2D eigenvalue weighted by molar-refractivity contribution is 7.43. The van der Waals surface area contributed by atoms with Crippen LogP contribution in [-0.2, 0) is 20.6 Å². The van der Waals surface area contributed by atoms with Crippen molar-refractivity contribution < 1.29 is 46.4 Å². The van der Waals surface area contributed by atoms with Gasteiger partial charge >= 0.3 is 11.8 Å². The van der Waals surface area contributed by atoms with Gasteiger partial charge in [0.25, 0.3) is 14.4 Å². The SMILES string of the molecule is CCNP(O)OC[C@@H]1CC(F)(F)C(n2ccc(NC(=O)OCc3cc4cc(OC)cc(OC)c4o3)nc2=O)O1. The molecule has 13 nitrogen and oxygen atoms in total. The monoisotopic (exact) mass is 572 g/mol. The van der Waals surface area contributed by atoms with Crippen LogP contribution < -0.4 is 25.6 Å². The van der Waals surface area contributed by atoms with Crippen molar-refractivity contribution in [1.29, 1.82) is 0 Å². The Morgan fingerprint density at radius 1 is 1.31 bits per heavy atom. The van der Waals surface area contributed by atoms with Crippen LogP contribution in [0.4, 0.5) is 19.4 Å². The first-order valence-electron chi connectivity index (χ1n) is 11.7. The Balaban J connectivity index is 1.36. The van der Waals surface area contributed by atoms with E-state index < -0.39 is 45.0 Å². The Morgan fingerprint density at radius 3 is 2.79 bits per heavy atom. The van der Waals surface area contributed by atoms with Crippen LogP contribution in [0, 0.1) is 0 Å². The molecule has 1 amide bonds. The van der Waals surface area contributed by atoms with E-state index in [1.165, 1.54) is 14.2 Å². The van der Waals surface area contributed by atoms with E-state index in [2.05, 4.69) is 15.4 Å². The Hall–Kier alpha value is -3.36. The smallest absolute Gasteiger partial charge is 0.413 e. The van der Waals surface area contributed by atoms with Crippen molar-refractivity contribution in [2.75, 3.05) is 32.7 Å². The number of alkyl halides is 2. The topological polar surface area (TPSA) is 156 Å². The first-order chi connectivity index (χ1) is 18.6. The maximum Gasteiger partial charge on any atom is 0.413 e. The molecule has 1 aliphatic heterocycles. The van der Waals surface area contributed by atoms with Crippen LogP contribution in [0.5, 0.6) is 11.5 Å². The molecule has 3 heterocycles. The van der Waals surface area contributed by atoms with Gasteiger partial charge in [-0.15, -0.1) is 0 Å². The fourth-order valence-electron chi connectivity index (χ4n) is 3.86. The zero-order chi connectivity index (χ0) is 28.2. The zero-order valence-electron chi connectivity index (χ0n) is 21.2. The van der Waals surface area contributed by atoms with Gasteiger partial charge in [-0.05, 0) is 18.2 Å². The van der Waals surface area contributed by atoms with Crippen molar-refractivity contribution in [3.8, 4) is 11.5 Å². The van der Waals surface area contributed by atoms with Crippen molar-refractivity contribution >= 4 is 31.4 Å². The molecule has 2 unspecified atom stereocenters. The van der Waals surface area contributed by atoms with Crippen LogP contribution in [0.2, 0.25) is 0 Å². The summed E-state index contributed by atoms with van der Waals surface area (Å²) in [6.45, 7) is 1.64. The summed E-state index contributed by atoms with van der Waals surface area (Å²) < 4.78 is 61.5. The standard InChI is InChI=1S/C23H27F2N4O9P/c1-4-26-39(32)36-12-16-10-23(24,25)20(38-16)29-6-5-18(27-21(29)30)28-22(31)35-11-15-8-13-7-14(33-2)9-17(34-3)19(13)37-15/h5-9,16,20,26,32H,4,10-12H2,1-3H3,(H,27,28,30,31)/t16-,20?,39?/m0/s1. The highest BCUT2D eigenvalue weighted by atomic mass is 31.2. The van der Waals surface area contributed by atoms with Crippen molar-refractivity contribution in [2.24, 2.45) is 0 Å². The number of hydrogen-bond donors (Lipinski definition) is 3. The predicted octanol–water partition coefficient (Wildman–Crippen LogP) is 3.52. The molecule has 1 fully saturated rings. The second-order valence-corrected chi connectivity index (χ2v) is 9.44. The van der Waals surface area contributed by atoms with Gasteiger partial charge in [-0.25, -0.2) is 18.4 Å². The number of fused-ring (bicyclic) bond motifs is 1. The number of aromatic nitrogens is 2. The van der Waals surface area contributed by atoms with Crippen molar-refractivity contribution in [3.05, 3.63) is 46.7 Å². The Labute approximate surface area is 221 Å². The van der Waals surface area contributed by atoms with Gasteiger partial charge in [-0.3, -0.25) is 15.0 Å². The third-order valence-electron chi connectivity index (χ3n) is 5.58. The average molecular weight is 572 g/mol. The number of methoxy groups -OCH3 is 2. The van der Waals surface area contributed by atoms with E-state index in [4.69, 9.17) is 27.9 Å². The lowest BCUT2D eigenvalue weighted by atomic mass is 10.2. The molecule has 0 spiro atoms. The molecule has 3 atom stereocenters. The van der Waals surface area contributed by atoms with Crippen LogP contribution >= 0.6 is 8.53 Å². The summed E-state index contributed by atoms with van der Waals surface area (Å²) in [4.78, 5) is 38.0. The van der Waals surface area contributed by atoms with E-state index in [1.54, 1.807) is 25.1 Å². The summed E-state index contributed by atoms with van der Waals surface area (Å²) in [6.07, 6.45) is -3.62. The average Bonchev–Trinajstić information content (AvgIpc) is 3.45. The largest absolute Gasteiger partial charge is 0.497 e. The minimum atomic E-state index is -3.40. The van der Waals surface area contributed by atoms with Gasteiger partial charge in [0.15, 0.2) is 17.9 Å². The van der Waals surface area contributed by atoms with E-state index in [1.807, 2.05) is 0 Å². The number of hydrogen-bond acceptors (Lipinski definition) is 11. The Kier molecular flexibility index (Phi) is 8.97. The number of anilines is 1. The van der Waals surface area contributed by atoms with Gasteiger partial charge in [-0.1, -0.05) is 6.92 Å². The number of nitrogens with zero attached hydrogens (tertiary/aromatic N) is 2. The number of carbonyl (C=O) groups is 1. The quantitative estimate of drug-likeness (QED) is 0.289. The van der Waals surface area contributed by atoms with Gasteiger partial charge < -0.3 is 32.8 Å². The van der Waals surface area contributed by atoms with E-state index in [0.29, 0.717) is 39.3 Å². The molecule has 4 rings (SSSR count). The molecule has 1 aliphatic rings. The molecule has 2 aromatic heterocycles. The molecule has 0 aliphatic carbocycles. The normalized spacial score (nSPS) is 19.1. The van der Waals surface area contributed by atoms with E-state index in [9.17, 15) is 23.3 Å². The molecule has 3 aromatic rings. The number of ether oxygens (including phenoxy) is 4. The fourth-order valence-corrected chi connectivity index (χ4v) is 4.53. The van der Waals surface area contributed by atoms with Gasteiger partial charge in [-0.2, -0.15) is 4.98 Å². The second kappa shape index (κ2) is 12.2. The van der Waals surface area contributed by atoms with Gasteiger partial charge in [0, 0.05) is 30.6 Å². The fraction of sp³-hybridized carbons (Fsp3) is 0.435. The first-order valence-corrected chi connectivity index (χ1v) is 12.9. The zero-order valence-corrected chi connectivity index (χ0v) is 22.1. The van der Waals surface area contributed by atoms with Crippen LogP contribution in [0.3, 0.4) is 0 Å². The maximum absolute atomic E-state index is 14.6. The maximum atomic E-state index is 14.6. The van der Waals surface area contributed by atoms with Gasteiger partial charge in [0.05, 0.1) is 26.9 Å². The van der Waals surface area contributed by atoms with Crippen molar-refractivity contribution in [1.82, 2.24) is 14.6 Å². The number of nitrogens with one attached hydrogen (secondary N) is 2. The summed E-state index contributed by atoms with van der Waals surface area (Å²) in [6, 6.07) is 6.18. The number of rotatable bonds is 11.